The van der Waals surface area contributed by atoms with Crippen molar-refractivity contribution in [3.8, 4) is 0 Å². The topological polar surface area (TPSA) is 44.3 Å². The van der Waals surface area contributed by atoms with E-state index in [2.05, 4.69) is 46.8 Å². The molecule has 2 aromatic heterocycles. The monoisotopic (exact) mass is 291 g/mol. The van der Waals surface area contributed by atoms with Crippen molar-refractivity contribution in [2.75, 3.05) is 43.4 Å². The van der Waals surface area contributed by atoms with Crippen molar-refractivity contribution in [2.24, 2.45) is 0 Å². The Labute approximate surface area is 123 Å². The van der Waals surface area contributed by atoms with Crippen LogP contribution >= 0.6 is 11.3 Å². The molecule has 0 radical (unpaired) electrons. The Balaban J connectivity index is 1.94. The maximum Gasteiger partial charge on any atom is 0.228 e. The summed E-state index contributed by atoms with van der Waals surface area (Å²) < 4.78 is 0. The van der Waals surface area contributed by atoms with Gasteiger partial charge in [0.1, 0.15) is 5.82 Å². The fraction of sp³-hybridized carbons (Fsp3) is 0.571. The lowest BCUT2D eigenvalue weighted by atomic mass is 10.3. The third kappa shape index (κ3) is 2.71. The van der Waals surface area contributed by atoms with Crippen LogP contribution in [0.3, 0.4) is 0 Å². The molecule has 0 atom stereocenters. The number of likely N-dealkylation sites (N-methyl/N-ethyl adjacent to an activating group) is 1. The van der Waals surface area contributed by atoms with Crippen LogP contribution in [-0.2, 0) is 0 Å². The van der Waals surface area contributed by atoms with Crippen LogP contribution in [0.5, 0.6) is 0 Å². The minimum Gasteiger partial charge on any atom is -0.367 e. The highest BCUT2D eigenvalue weighted by molar-refractivity contribution is 7.09. The summed E-state index contributed by atoms with van der Waals surface area (Å²) in [6, 6.07) is 0.369. The quantitative estimate of drug-likeness (QED) is 0.940. The summed E-state index contributed by atoms with van der Waals surface area (Å²) in [5.74, 6) is 1.81. The Morgan fingerprint density at radius 1 is 1.15 bits per heavy atom. The lowest BCUT2D eigenvalue weighted by Gasteiger charge is -2.32. The Morgan fingerprint density at radius 3 is 2.60 bits per heavy atom. The van der Waals surface area contributed by atoms with Gasteiger partial charge in [0.25, 0.3) is 0 Å². The summed E-state index contributed by atoms with van der Waals surface area (Å²) in [5, 5.41) is 8.79. The summed E-state index contributed by atoms with van der Waals surface area (Å²) in [6.07, 6.45) is 0. The first-order valence-electron chi connectivity index (χ1n) is 7.07. The molecule has 108 valence electrons. The molecule has 5 nitrogen and oxygen atoms in total. The van der Waals surface area contributed by atoms with Crippen LogP contribution in [0.1, 0.15) is 13.8 Å². The van der Waals surface area contributed by atoms with E-state index in [0.29, 0.717) is 6.04 Å². The highest BCUT2D eigenvalue weighted by Crippen LogP contribution is 2.27. The molecule has 1 aliphatic rings. The lowest BCUT2D eigenvalue weighted by Crippen LogP contribution is -2.45. The van der Waals surface area contributed by atoms with Crippen LogP contribution in [0.25, 0.3) is 10.9 Å². The number of rotatable bonds is 3. The first-order valence-corrected chi connectivity index (χ1v) is 8.02. The van der Waals surface area contributed by atoms with Gasteiger partial charge in [0, 0.05) is 43.0 Å². The second kappa shape index (κ2) is 5.54. The van der Waals surface area contributed by atoms with Gasteiger partial charge in [-0.2, -0.15) is 4.98 Å². The average molecular weight is 291 g/mol. The molecule has 0 aliphatic carbocycles. The van der Waals surface area contributed by atoms with Gasteiger partial charge in [0.2, 0.25) is 5.95 Å². The summed E-state index contributed by atoms with van der Waals surface area (Å²) in [4.78, 5) is 14.1. The first kappa shape index (κ1) is 13.6. The minimum absolute atomic E-state index is 0.369. The Bertz CT molecular complexity index is 586. The van der Waals surface area contributed by atoms with E-state index in [1.165, 1.54) is 0 Å². The predicted molar refractivity (Wildman–Crippen MR) is 85.9 cm³/mol. The molecule has 0 spiro atoms. The maximum atomic E-state index is 4.75. The van der Waals surface area contributed by atoms with E-state index in [9.17, 15) is 0 Å². The van der Waals surface area contributed by atoms with Crippen molar-refractivity contribution in [3.63, 3.8) is 0 Å². The van der Waals surface area contributed by atoms with Gasteiger partial charge in [0.05, 0.1) is 10.9 Å². The van der Waals surface area contributed by atoms with Gasteiger partial charge in [-0.15, -0.1) is 11.3 Å². The van der Waals surface area contributed by atoms with E-state index in [1.54, 1.807) is 11.3 Å². The van der Waals surface area contributed by atoms with Gasteiger partial charge < -0.3 is 15.1 Å². The molecule has 1 aliphatic heterocycles. The van der Waals surface area contributed by atoms with Crippen molar-refractivity contribution >= 4 is 34.0 Å². The second-order valence-electron chi connectivity index (χ2n) is 5.63. The van der Waals surface area contributed by atoms with Crippen LogP contribution in [0, 0.1) is 0 Å². The Hall–Kier alpha value is -1.40. The van der Waals surface area contributed by atoms with E-state index in [4.69, 9.17) is 9.97 Å². The van der Waals surface area contributed by atoms with E-state index in [0.717, 1.165) is 48.8 Å². The minimum atomic E-state index is 0.369. The molecular weight excluding hydrogens is 270 g/mol. The zero-order chi connectivity index (χ0) is 14.1. The van der Waals surface area contributed by atoms with Crippen molar-refractivity contribution < 1.29 is 0 Å². The van der Waals surface area contributed by atoms with E-state index in [1.807, 2.05) is 0 Å². The molecule has 6 heteroatoms. The number of piperazine rings is 1. The molecule has 1 saturated heterocycles. The highest BCUT2D eigenvalue weighted by Gasteiger charge is 2.18. The zero-order valence-electron chi connectivity index (χ0n) is 12.3. The van der Waals surface area contributed by atoms with Crippen LogP contribution in [-0.4, -0.2) is 54.1 Å². The largest absolute Gasteiger partial charge is 0.367 e. The maximum absolute atomic E-state index is 4.75. The first-order chi connectivity index (χ1) is 9.63. The molecule has 0 unspecified atom stereocenters. The molecule has 2 aromatic rings. The highest BCUT2D eigenvalue weighted by atomic mass is 32.1. The standard InChI is InChI=1S/C14H21N5S/c1-10(2)15-13-11-8-20-9-12(11)16-14(17-13)19-6-4-18(3)5-7-19/h8-10H,4-7H2,1-3H3,(H,15,16,17). The number of fused-ring (bicyclic) bond motifs is 1. The number of hydrogen-bond acceptors (Lipinski definition) is 6. The van der Waals surface area contributed by atoms with Crippen LogP contribution < -0.4 is 10.2 Å². The van der Waals surface area contributed by atoms with Crippen molar-refractivity contribution in [1.82, 2.24) is 14.9 Å². The molecule has 0 saturated carbocycles. The third-order valence-electron chi connectivity index (χ3n) is 3.54. The molecule has 20 heavy (non-hydrogen) atoms. The van der Waals surface area contributed by atoms with Crippen LogP contribution in [0.2, 0.25) is 0 Å². The Kier molecular flexibility index (Phi) is 3.76. The molecule has 1 fully saturated rings. The van der Waals surface area contributed by atoms with Crippen molar-refractivity contribution in [3.05, 3.63) is 10.8 Å². The molecule has 3 heterocycles. The summed E-state index contributed by atoms with van der Waals surface area (Å²) in [6.45, 7) is 8.39. The van der Waals surface area contributed by atoms with Crippen LogP contribution in [0.15, 0.2) is 10.8 Å². The predicted octanol–water partition coefficient (Wildman–Crippen LogP) is 2.26. The third-order valence-corrected chi connectivity index (χ3v) is 4.27. The number of anilines is 2. The summed E-state index contributed by atoms with van der Waals surface area (Å²) in [7, 11) is 2.16. The zero-order valence-corrected chi connectivity index (χ0v) is 13.1. The average Bonchev–Trinajstić information content (AvgIpc) is 2.87. The molecule has 0 amide bonds. The summed E-state index contributed by atoms with van der Waals surface area (Å²) in [5.41, 5.74) is 1.04. The number of aromatic nitrogens is 2. The molecule has 0 aromatic carbocycles. The van der Waals surface area contributed by atoms with Gasteiger partial charge in [0.15, 0.2) is 0 Å². The number of nitrogens with one attached hydrogen (secondary N) is 1. The fourth-order valence-corrected chi connectivity index (χ4v) is 3.12. The SMILES string of the molecule is CC(C)Nc1nc(N2CCN(C)CC2)nc2cscc12. The smallest absolute Gasteiger partial charge is 0.228 e. The van der Waals surface area contributed by atoms with Crippen LogP contribution in [0.4, 0.5) is 11.8 Å². The van der Waals surface area contributed by atoms with Gasteiger partial charge >= 0.3 is 0 Å². The summed E-state index contributed by atoms with van der Waals surface area (Å²) >= 11 is 1.68. The van der Waals surface area contributed by atoms with Gasteiger partial charge in [-0.05, 0) is 20.9 Å². The molecule has 3 rings (SSSR count). The van der Waals surface area contributed by atoms with Crippen molar-refractivity contribution in [1.29, 1.82) is 0 Å². The van der Waals surface area contributed by atoms with Gasteiger partial charge in [-0.25, -0.2) is 4.98 Å². The molecular formula is C14H21N5S. The number of thiophene rings is 1. The number of nitrogens with zero attached hydrogens (tertiary/aromatic N) is 4. The van der Waals surface area contributed by atoms with Gasteiger partial charge in [-0.3, -0.25) is 0 Å². The fourth-order valence-electron chi connectivity index (χ4n) is 2.38. The van der Waals surface area contributed by atoms with Gasteiger partial charge in [-0.1, -0.05) is 0 Å². The van der Waals surface area contributed by atoms with E-state index >= 15 is 0 Å². The normalized spacial score (nSPS) is 17.1. The number of hydrogen-bond donors (Lipinski definition) is 1. The lowest BCUT2D eigenvalue weighted by molar-refractivity contribution is 0.311. The second-order valence-corrected chi connectivity index (χ2v) is 6.38. The molecule has 0 bridgehead atoms. The van der Waals surface area contributed by atoms with E-state index < -0.39 is 0 Å². The van der Waals surface area contributed by atoms with Crippen molar-refractivity contribution in [2.45, 2.75) is 19.9 Å². The van der Waals surface area contributed by atoms with E-state index in [-0.39, 0.29) is 0 Å². The Morgan fingerprint density at radius 2 is 1.90 bits per heavy atom. The molecule has 1 N–H and O–H groups in total.